The first kappa shape index (κ1) is 21.8. The van der Waals surface area contributed by atoms with Crippen LogP contribution in [-0.4, -0.2) is 15.1 Å². The van der Waals surface area contributed by atoms with Crippen molar-refractivity contribution in [3.05, 3.63) is 64.0 Å². The second-order valence-corrected chi connectivity index (χ2v) is 6.71. The minimum atomic E-state index is -1.01. The summed E-state index contributed by atoms with van der Waals surface area (Å²) in [5.41, 5.74) is 2.37. The number of carboxylic acid groups (broad SMARTS) is 1. The number of para-hydroxylation sites is 2. The molecule has 27 heavy (non-hydrogen) atoms. The van der Waals surface area contributed by atoms with Gasteiger partial charge in [0.25, 0.3) is 0 Å². The largest absolute Gasteiger partial charge is 1.00 e. The quantitative estimate of drug-likeness (QED) is 0.403. The van der Waals surface area contributed by atoms with E-state index in [0.717, 1.165) is 36.0 Å². The van der Waals surface area contributed by atoms with Gasteiger partial charge in [0.05, 0.1) is 16.7 Å². The molecule has 0 fully saturated rings. The first-order chi connectivity index (χ1) is 12.6. The third-order valence-electron chi connectivity index (χ3n) is 4.41. The molecule has 5 nitrogen and oxygen atoms in total. The third kappa shape index (κ3) is 5.26. The van der Waals surface area contributed by atoms with Crippen LogP contribution in [0.15, 0.2) is 53.3 Å². The molecule has 3 rings (SSSR count). The average molecular weight is 395 g/mol. The third-order valence-corrected chi connectivity index (χ3v) is 4.65. The number of hydrogen-bond donors (Lipinski definition) is 0. The van der Waals surface area contributed by atoms with Crippen LogP contribution in [0.5, 0.6) is 0 Å². The van der Waals surface area contributed by atoms with Crippen LogP contribution in [0.25, 0.3) is 16.7 Å². The van der Waals surface area contributed by atoms with Gasteiger partial charge in [0.15, 0.2) is 0 Å². The van der Waals surface area contributed by atoms with Gasteiger partial charge in [0, 0.05) is 17.5 Å². The van der Waals surface area contributed by atoms with Crippen molar-refractivity contribution in [2.45, 2.75) is 38.6 Å². The van der Waals surface area contributed by atoms with Gasteiger partial charge in [-0.1, -0.05) is 42.6 Å². The van der Waals surface area contributed by atoms with Crippen molar-refractivity contribution in [2.75, 3.05) is 0 Å². The van der Waals surface area contributed by atoms with E-state index >= 15 is 0 Å². The fourth-order valence-corrected chi connectivity index (χ4v) is 3.37. The van der Waals surface area contributed by atoms with Crippen LogP contribution in [0.1, 0.15) is 32.1 Å². The number of rotatable bonds is 8. The standard InChI is InChI=1S/C20H21ClN2O3.Na/c21-15-8-7-9-16(14-15)23-18-11-5-4-10-17(18)22(20(23)26)13-6-2-1-3-12-19(24)25;/h4-5,7-11,14H,1-3,6,12-13H2,(H,24,25);/q;+1/p-1. The van der Waals surface area contributed by atoms with Gasteiger partial charge in [0.1, 0.15) is 0 Å². The Morgan fingerprint density at radius 1 is 0.963 bits per heavy atom. The molecule has 0 amide bonds. The summed E-state index contributed by atoms with van der Waals surface area (Å²) < 4.78 is 3.45. The Bertz CT molecular complexity index is 981. The predicted octanol–water partition coefficient (Wildman–Crippen LogP) is 0.150. The summed E-state index contributed by atoms with van der Waals surface area (Å²) >= 11 is 6.09. The van der Waals surface area contributed by atoms with Crippen LogP contribution in [-0.2, 0) is 11.3 Å². The van der Waals surface area contributed by atoms with Crippen molar-refractivity contribution < 1.29 is 39.5 Å². The molecule has 1 aromatic heterocycles. The number of carboxylic acids is 1. The number of unbranched alkanes of at least 4 members (excludes halogenated alkanes) is 3. The molecule has 0 unspecified atom stereocenters. The molecule has 0 saturated carbocycles. The van der Waals surface area contributed by atoms with Gasteiger partial charge in [-0.3, -0.25) is 9.13 Å². The van der Waals surface area contributed by atoms with Crippen molar-refractivity contribution in [3.8, 4) is 5.69 Å². The minimum Gasteiger partial charge on any atom is -0.550 e. The zero-order valence-corrected chi connectivity index (χ0v) is 18.1. The number of aryl methyl sites for hydroxylation is 1. The smallest absolute Gasteiger partial charge is 0.550 e. The molecular formula is C20H20ClN2NaO3. The number of nitrogens with zero attached hydrogens (tertiary/aromatic N) is 2. The first-order valence-electron chi connectivity index (χ1n) is 8.74. The molecule has 0 saturated heterocycles. The summed E-state index contributed by atoms with van der Waals surface area (Å²) in [6, 6.07) is 14.9. The number of halogens is 1. The summed E-state index contributed by atoms with van der Waals surface area (Å²) in [5, 5.41) is 11.0. The molecule has 0 N–H and O–H groups in total. The molecule has 0 spiro atoms. The fourth-order valence-electron chi connectivity index (χ4n) is 3.18. The SMILES string of the molecule is O=C([O-])CCCCCCn1c(=O)n(-c2cccc(Cl)c2)c2ccccc21.[Na+]. The van der Waals surface area contributed by atoms with Gasteiger partial charge in [-0.2, -0.15) is 0 Å². The molecule has 0 aliphatic heterocycles. The Morgan fingerprint density at radius 3 is 2.37 bits per heavy atom. The van der Waals surface area contributed by atoms with Gasteiger partial charge in [-0.25, -0.2) is 4.79 Å². The number of carbonyl (C=O) groups is 1. The predicted molar refractivity (Wildman–Crippen MR) is 101 cm³/mol. The van der Waals surface area contributed by atoms with E-state index in [1.54, 1.807) is 21.3 Å². The second-order valence-electron chi connectivity index (χ2n) is 6.27. The topological polar surface area (TPSA) is 67.1 Å². The number of aliphatic carboxylic acids is 1. The summed E-state index contributed by atoms with van der Waals surface area (Å²) in [6.45, 7) is 0.595. The molecule has 136 valence electrons. The Morgan fingerprint density at radius 2 is 1.67 bits per heavy atom. The van der Waals surface area contributed by atoms with Crippen molar-refractivity contribution >= 4 is 28.6 Å². The van der Waals surface area contributed by atoms with Crippen molar-refractivity contribution in [1.29, 1.82) is 0 Å². The molecule has 3 aromatic rings. The van der Waals surface area contributed by atoms with Crippen LogP contribution >= 0.6 is 11.6 Å². The number of hydrogen-bond acceptors (Lipinski definition) is 3. The summed E-state index contributed by atoms with van der Waals surface area (Å²) in [7, 11) is 0. The Kier molecular flexibility index (Phi) is 8.17. The monoisotopic (exact) mass is 394 g/mol. The van der Waals surface area contributed by atoms with E-state index in [1.165, 1.54) is 0 Å². The molecule has 0 radical (unpaired) electrons. The molecule has 2 aromatic carbocycles. The van der Waals surface area contributed by atoms with Gasteiger partial charge in [-0.15, -0.1) is 0 Å². The number of aromatic nitrogens is 2. The van der Waals surface area contributed by atoms with E-state index in [1.807, 2.05) is 36.4 Å². The molecule has 1 heterocycles. The van der Waals surface area contributed by atoms with Gasteiger partial charge < -0.3 is 9.90 Å². The van der Waals surface area contributed by atoms with Gasteiger partial charge in [0.2, 0.25) is 0 Å². The molecular weight excluding hydrogens is 375 g/mol. The maximum absolute atomic E-state index is 13.0. The Labute approximate surface area is 184 Å². The molecule has 0 aliphatic carbocycles. The maximum atomic E-state index is 13.0. The van der Waals surface area contributed by atoms with Crippen LogP contribution in [0, 0.1) is 0 Å². The summed E-state index contributed by atoms with van der Waals surface area (Å²) in [5.74, 6) is -1.01. The number of imidazole rings is 1. The fraction of sp³-hybridized carbons (Fsp3) is 0.300. The Hall–Kier alpha value is -1.53. The number of benzene rings is 2. The van der Waals surface area contributed by atoms with Crippen LogP contribution in [0.2, 0.25) is 5.02 Å². The zero-order chi connectivity index (χ0) is 18.5. The molecule has 0 aliphatic rings. The zero-order valence-electron chi connectivity index (χ0n) is 15.4. The van der Waals surface area contributed by atoms with E-state index in [2.05, 4.69) is 0 Å². The van der Waals surface area contributed by atoms with E-state index in [-0.39, 0.29) is 41.7 Å². The number of carbonyl (C=O) groups excluding carboxylic acids is 1. The normalized spacial score (nSPS) is 10.7. The van der Waals surface area contributed by atoms with E-state index in [9.17, 15) is 14.7 Å². The number of fused-ring (bicyclic) bond motifs is 1. The van der Waals surface area contributed by atoms with Crippen LogP contribution < -0.4 is 40.4 Å². The van der Waals surface area contributed by atoms with Crippen LogP contribution in [0.3, 0.4) is 0 Å². The summed E-state index contributed by atoms with van der Waals surface area (Å²) in [6.07, 6.45) is 3.21. The Balaban J connectivity index is 0.00000261. The van der Waals surface area contributed by atoms with Gasteiger partial charge >= 0.3 is 35.2 Å². The molecule has 0 atom stereocenters. The first-order valence-corrected chi connectivity index (χ1v) is 9.12. The van der Waals surface area contributed by atoms with E-state index < -0.39 is 5.97 Å². The van der Waals surface area contributed by atoms with Gasteiger partial charge in [-0.05, 0) is 49.6 Å². The van der Waals surface area contributed by atoms with Crippen molar-refractivity contribution in [2.24, 2.45) is 0 Å². The van der Waals surface area contributed by atoms with E-state index in [0.29, 0.717) is 18.0 Å². The van der Waals surface area contributed by atoms with Crippen molar-refractivity contribution in [1.82, 2.24) is 9.13 Å². The average Bonchev–Trinajstić information content (AvgIpc) is 2.89. The summed E-state index contributed by atoms with van der Waals surface area (Å²) in [4.78, 5) is 23.4. The minimum absolute atomic E-state index is 0. The second kappa shape index (κ2) is 10.1. The molecule has 0 bridgehead atoms. The maximum Gasteiger partial charge on any atom is 1.00 e. The van der Waals surface area contributed by atoms with Crippen molar-refractivity contribution in [3.63, 3.8) is 0 Å². The van der Waals surface area contributed by atoms with Crippen LogP contribution in [0.4, 0.5) is 0 Å². The molecule has 7 heteroatoms. The van der Waals surface area contributed by atoms with E-state index in [4.69, 9.17) is 11.6 Å².